The van der Waals surface area contributed by atoms with Crippen LogP contribution in [-0.4, -0.2) is 30.7 Å². The van der Waals surface area contributed by atoms with E-state index in [2.05, 4.69) is 5.32 Å². The number of halogens is 1. The van der Waals surface area contributed by atoms with Gasteiger partial charge in [0.05, 0.1) is 5.83 Å². The summed E-state index contributed by atoms with van der Waals surface area (Å²) in [6.07, 6.45) is 1.78. The topological polar surface area (TPSA) is 75.3 Å². The molecule has 13 heavy (non-hydrogen) atoms. The summed E-state index contributed by atoms with van der Waals surface area (Å²) in [6, 6.07) is -0.960. The normalized spacial score (nSPS) is 14.2. The van der Waals surface area contributed by atoms with Crippen molar-refractivity contribution in [1.82, 2.24) is 5.32 Å². The van der Waals surface area contributed by atoms with Gasteiger partial charge in [0.1, 0.15) is 6.04 Å². The average Bonchev–Trinajstić information content (AvgIpc) is 2.10. The van der Waals surface area contributed by atoms with Crippen molar-refractivity contribution in [3.63, 3.8) is 0 Å². The molecule has 0 aromatic carbocycles. The average molecular weight is 190 g/mol. The number of hydrogen-bond donors (Lipinski definition) is 3. The number of hydrogen-bond acceptors (Lipinski definition) is 3. The third kappa shape index (κ3) is 5.32. The van der Waals surface area contributed by atoms with Crippen molar-refractivity contribution in [2.75, 3.05) is 13.6 Å². The van der Waals surface area contributed by atoms with Gasteiger partial charge >= 0.3 is 5.97 Å². The molecule has 4 nitrogen and oxygen atoms in total. The van der Waals surface area contributed by atoms with Crippen LogP contribution in [0.25, 0.3) is 0 Å². The fraction of sp³-hybridized carbons (Fsp3) is 0.625. The summed E-state index contributed by atoms with van der Waals surface area (Å²) in [6.45, 7) is 0.401. The molecule has 0 radical (unpaired) electrons. The quantitative estimate of drug-likeness (QED) is 0.561. The van der Waals surface area contributed by atoms with E-state index < -0.39 is 17.8 Å². The minimum atomic E-state index is -1.09. The second-order valence-corrected chi connectivity index (χ2v) is 2.61. The zero-order valence-electron chi connectivity index (χ0n) is 7.59. The zero-order chi connectivity index (χ0) is 10.3. The number of allylic oxidation sites excluding steroid dienone is 1. The van der Waals surface area contributed by atoms with E-state index >= 15 is 0 Å². The second kappa shape index (κ2) is 6.56. The first-order valence-electron chi connectivity index (χ1n) is 4.08. The maximum absolute atomic E-state index is 12.9. The fourth-order valence-corrected chi connectivity index (χ4v) is 0.813. The molecule has 1 atom stereocenters. The van der Waals surface area contributed by atoms with Gasteiger partial charge in [-0.1, -0.05) is 0 Å². The molecular weight excluding hydrogens is 175 g/mol. The molecule has 0 aliphatic heterocycles. The lowest BCUT2D eigenvalue weighted by molar-refractivity contribution is -0.138. The van der Waals surface area contributed by atoms with Crippen LogP contribution >= 0.6 is 0 Å². The van der Waals surface area contributed by atoms with Crippen molar-refractivity contribution in [3.05, 3.63) is 11.9 Å². The molecule has 5 heteroatoms. The highest BCUT2D eigenvalue weighted by molar-refractivity contribution is 5.75. The molecule has 0 unspecified atom stereocenters. The molecular formula is C8H15FN2O2. The molecule has 76 valence electrons. The largest absolute Gasteiger partial charge is 0.480 e. The summed E-state index contributed by atoms with van der Waals surface area (Å²) in [7, 11) is 1.46. The van der Waals surface area contributed by atoms with Gasteiger partial charge in [0, 0.05) is 6.42 Å². The molecule has 0 aromatic rings. The molecule has 0 aromatic heterocycles. The van der Waals surface area contributed by atoms with Crippen molar-refractivity contribution >= 4 is 5.97 Å². The van der Waals surface area contributed by atoms with Crippen LogP contribution in [0.5, 0.6) is 0 Å². The molecule has 0 aliphatic carbocycles. The Morgan fingerprint density at radius 2 is 2.38 bits per heavy atom. The van der Waals surface area contributed by atoms with E-state index in [1.54, 1.807) is 0 Å². The van der Waals surface area contributed by atoms with Crippen LogP contribution in [0, 0.1) is 0 Å². The van der Waals surface area contributed by atoms with E-state index in [-0.39, 0.29) is 6.42 Å². The van der Waals surface area contributed by atoms with Crippen molar-refractivity contribution in [2.45, 2.75) is 18.9 Å². The Bertz CT molecular complexity index is 195. The molecule has 0 aliphatic rings. The molecule has 0 bridgehead atoms. The number of likely N-dealkylation sites (N-methyl/N-ethyl adjacent to an activating group) is 1. The maximum atomic E-state index is 12.9. The van der Waals surface area contributed by atoms with Crippen LogP contribution in [0.4, 0.5) is 4.39 Å². The number of rotatable bonds is 6. The summed E-state index contributed by atoms with van der Waals surface area (Å²) in [5, 5.41) is 11.0. The van der Waals surface area contributed by atoms with E-state index in [0.717, 1.165) is 6.08 Å². The Balaban J connectivity index is 4.08. The molecule has 0 saturated carbocycles. The summed E-state index contributed by atoms with van der Waals surface area (Å²) in [5.41, 5.74) is 5.17. The molecule has 4 N–H and O–H groups in total. The summed E-state index contributed by atoms with van der Waals surface area (Å²) in [4.78, 5) is 10.4. The number of carboxylic acid groups (broad SMARTS) is 1. The Kier molecular flexibility index (Phi) is 6.09. The zero-order valence-corrected chi connectivity index (χ0v) is 7.59. The predicted molar refractivity (Wildman–Crippen MR) is 48.0 cm³/mol. The van der Waals surface area contributed by atoms with Crippen molar-refractivity contribution in [2.24, 2.45) is 5.73 Å². The standard InChI is InChI=1S/C8H15FN2O2/c1-11-7(8(12)13)5-6(9)3-2-4-10/h5,7,11H,2-4,10H2,1H3,(H,12,13)/b6-5-/t7-/m0/s1. The van der Waals surface area contributed by atoms with E-state index in [0.29, 0.717) is 13.0 Å². The number of aliphatic carboxylic acids is 1. The molecule has 0 heterocycles. The van der Waals surface area contributed by atoms with E-state index in [9.17, 15) is 9.18 Å². The summed E-state index contributed by atoms with van der Waals surface area (Å²) < 4.78 is 12.9. The van der Waals surface area contributed by atoms with Crippen LogP contribution in [0.3, 0.4) is 0 Å². The molecule has 0 rings (SSSR count). The van der Waals surface area contributed by atoms with Crippen LogP contribution in [0.2, 0.25) is 0 Å². The van der Waals surface area contributed by atoms with Crippen LogP contribution in [0.15, 0.2) is 11.9 Å². The summed E-state index contributed by atoms with van der Waals surface area (Å²) in [5.74, 6) is -1.53. The van der Waals surface area contributed by atoms with Gasteiger partial charge in [-0.05, 0) is 26.1 Å². The second-order valence-electron chi connectivity index (χ2n) is 2.61. The number of nitrogens with one attached hydrogen (secondary N) is 1. The summed E-state index contributed by atoms with van der Waals surface area (Å²) >= 11 is 0. The third-order valence-corrected chi connectivity index (χ3v) is 1.54. The van der Waals surface area contributed by atoms with E-state index in [4.69, 9.17) is 10.8 Å². The molecule has 0 amide bonds. The minimum Gasteiger partial charge on any atom is -0.480 e. The van der Waals surface area contributed by atoms with E-state index in [1.807, 2.05) is 0 Å². The third-order valence-electron chi connectivity index (χ3n) is 1.54. The first kappa shape index (κ1) is 12.1. The lowest BCUT2D eigenvalue weighted by Crippen LogP contribution is -2.31. The number of carboxylic acids is 1. The van der Waals surface area contributed by atoms with Crippen LogP contribution < -0.4 is 11.1 Å². The van der Waals surface area contributed by atoms with Gasteiger partial charge in [0.15, 0.2) is 0 Å². The van der Waals surface area contributed by atoms with Gasteiger partial charge in [-0.25, -0.2) is 4.39 Å². The highest BCUT2D eigenvalue weighted by Crippen LogP contribution is 2.06. The van der Waals surface area contributed by atoms with E-state index in [1.165, 1.54) is 7.05 Å². The Hall–Kier alpha value is -0.940. The first-order valence-corrected chi connectivity index (χ1v) is 4.08. The highest BCUT2D eigenvalue weighted by Gasteiger charge is 2.12. The lowest BCUT2D eigenvalue weighted by Gasteiger charge is -2.05. The van der Waals surface area contributed by atoms with Crippen molar-refractivity contribution in [1.29, 1.82) is 0 Å². The Labute approximate surface area is 76.6 Å². The van der Waals surface area contributed by atoms with Gasteiger partial charge in [-0.3, -0.25) is 4.79 Å². The SMILES string of the molecule is CN[C@@H](/C=C(\F)CCCN)C(=O)O. The van der Waals surface area contributed by atoms with Crippen LogP contribution in [-0.2, 0) is 4.79 Å². The number of carbonyl (C=O) groups is 1. The molecule has 0 fully saturated rings. The van der Waals surface area contributed by atoms with Gasteiger partial charge in [0.2, 0.25) is 0 Å². The lowest BCUT2D eigenvalue weighted by atomic mass is 10.2. The van der Waals surface area contributed by atoms with Gasteiger partial charge in [-0.15, -0.1) is 0 Å². The Morgan fingerprint density at radius 3 is 2.77 bits per heavy atom. The van der Waals surface area contributed by atoms with Crippen LogP contribution in [0.1, 0.15) is 12.8 Å². The van der Waals surface area contributed by atoms with Crippen molar-refractivity contribution < 1.29 is 14.3 Å². The van der Waals surface area contributed by atoms with Gasteiger partial charge in [-0.2, -0.15) is 0 Å². The fourth-order valence-electron chi connectivity index (χ4n) is 0.813. The van der Waals surface area contributed by atoms with Gasteiger partial charge in [0.25, 0.3) is 0 Å². The molecule has 0 spiro atoms. The van der Waals surface area contributed by atoms with Crippen molar-refractivity contribution in [3.8, 4) is 0 Å². The van der Waals surface area contributed by atoms with Gasteiger partial charge < -0.3 is 16.2 Å². The molecule has 0 saturated heterocycles. The minimum absolute atomic E-state index is 0.196. The predicted octanol–water partition coefficient (Wildman–Crippen LogP) is 0.251. The first-order chi connectivity index (χ1) is 6.11. The monoisotopic (exact) mass is 190 g/mol. The highest BCUT2D eigenvalue weighted by atomic mass is 19.1. The maximum Gasteiger partial charge on any atom is 0.324 e. The smallest absolute Gasteiger partial charge is 0.324 e. The Morgan fingerprint density at radius 1 is 1.77 bits per heavy atom. The number of nitrogens with two attached hydrogens (primary N) is 1.